The molecule has 116 valence electrons. The number of rotatable bonds is 3. The molecule has 2 aromatic rings. The molecule has 0 unspecified atom stereocenters. The van der Waals surface area contributed by atoms with Gasteiger partial charge in [0.15, 0.2) is 0 Å². The summed E-state index contributed by atoms with van der Waals surface area (Å²) in [5.41, 5.74) is 2.45. The maximum atomic E-state index is 6.30. The maximum Gasteiger partial charge on any atom is 0.115 e. The lowest BCUT2D eigenvalue weighted by molar-refractivity contribution is -0.0104. The largest absolute Gasteiger partial charge is 0.367 e. The number of aryl methyl sites for hydroxylation is 1. The number of piperidine rings is 1. The van der Waals surface area contributed by atoms with Gasteiger partial charge in [0.2, 0.25) is 0 Å². The number of hydrogen-bond donors (Lipinski definition) is 0. The molecule has 2 aliphatic heterocycles. The zero-order valence-electron chi connectivity index (χ0n) is 12.8. The summed E-state index contributed by atoms with van der Waals surface area (Å²) in [7, 11) is 0. The van der Waals surface area contributed by atoms with Crippen LogP contribution in [0.2, 0.25) is 0 Å². The Bertz CT molecular complexity index is 630. The van der Waals surface area contributed by atoms with Gasteiger partial charge < -0.3 is 4.74 Å². The van der Waals surface area contributed by atoms with E-state index in [0.29, 0.717) is 12.0 Å². The number of thiophene rings is 1. The first kappa shape index (κ1) is 14.3. The van der Waals surface area contributed by atoms with E-state index in [9.17, 15) is 0 Å². The Hall–Kier alpha value is -1.30. The van der Waals surface area contributed by atoms with Crippen LogP contribution in [-0.4, -0.2) is 34.1 Å². The van der Waals surface area contributed by atoms with Crippen LogP contribution in [0.5, 0.6) is 0 Å². The van der Waals surface area contributed by atoms with Gasteiger partial charge in [-0.2, -0.15) is 0 Å². The Balaban J connectivity index is 1.40. The molecule has 0 spiro atoms. The quantitative estimate of drug-likeness (QED) is 0.872. The van der Waals surface area contributed by atoms with Gasteiger partial charge in [0.1, 0.15) is 12.4 Å². The van der Waals surface area contributed by atoms with Crippen LogP contribution in [0.25, 0.3) is 0 Å². The van der Waals surface area contributed by atoms with Crippen LogP contribution in [0.1, 0.15) is 35.1 Å². The Morgan fingerprint density at radius 2 is 2.36 bits per heavy atom. The van der Waals surface area contributed by atoms with Gasteiger partial charge in [0.05, 0.1) is 11.8 Å². The van der Waals surface area contributed by atoms with Crippen molar-refractivity contribution in [3.63, 3.8) is 0 Å². The molecule has 2 saturated heterocycles. The SMILES string of the molecule is Cc1ccsc1CN1CC[C@H]2C[C@@H](c3ccncn3)O[C@@H]2C1. The lowest BCUT2D eigenvalue weighted by atomic mass is 9.91. The van der Waals surface area contributed by atoms with E-state index in [4.69, 9.17) is 4.74 Å². The van der Waals surface area contributed by atoms with Crippen LogP contribution in [0, 0.1) is 12.8 Å². The van der Waals surface area contributed by atoms with E-state index in [1.54, 1.807) is 12.5 Å². The molecule has 4 rings (SSSR count). The number of hydrogen-bond acceptors (Lipinski definition) is 5. The third kappa shape index (κ3) is 2.81. The molecular formula is C17H21N3OS. The fourth-order valence-corrected chi connectivity index (χ4v) is 4.54. The Morgan fingerprint density at radius 3 is 3.14 bits per heavy atom. The second-order valence-corrected chi connectivity index (χ2v) is 7.34. The number of fused-ring (bicyclic) bond motifs is 1. The minimum atomic E-state index is 0.154. The molecule has 2 fully saturated rings. The standard InChI is InChI=1S/C17H21N3OS/c1-12-4-7-22-17(12)10-20-6-3-13-8-15(21-16(13)9-20)14-2-5-18-11-19-14/h2,4-5,7,11,13,15-16H,3,6,8-10H2,1H3/t13-,15-,16+/m0/s1. The van der Waals surface area contributed by atoms with Crippen molar-refractivity contribution in [2.45, 2.75) is 38.5 Å². The summed E-state index contributed by atoms with van der Waals surface area (Å²) < 4.78 is 6.30. The van der Waals surface area contributed by atoms with Gasteiger partial charge in [0.25, 0.3) is 0 Å². The number of likely N-dealkylation sites (tertiary alicyclic amines) is 1. The highest BCUT2D eigenvalue weighted by atomic mass is 32.1. The Labute approximate surface area is 135 Å². The summed E-state index contributed by atoms with van der Waals surface area (Å²) >= 11 is 1.87. The van der Waals surface area contributed by atoms with E-state index in [1.807, 2.05) is 17.4 Å². The predicted octanol–water partition coefficient (Wildman–Crippen LogP) is 3.20. The first-order valence-electron chi connectivity index (χ1n) is 7.96. The average Bonchev–Trinajstić information content (AvgIpc) is 3.14. The molecule has 22 heavy (non-hydrogen) atoms. The first-order valence-corrected chi connectivity index (χ1v) is 8.84. The second kappa shape index (κ2) is 6.07. The highest BCUT2D eigenvalue weighted by Crippen LogP contribution is 2.40. The summed E-state index contributed by atoms with van der Waals surface area (Å²) in [6.07, 6.45) is 6.27. The topological polar surface area (TPSA) is 38.2 Å². The van der Waals surface area contributed by atoms with Gasteiger partial charge in [-0.05, 0) is 55.3 Å². The fraction of sp³-hybridized carbons (Fsp3) is 0.529. The van der Waals surface area contributed by atoms with Gasteiger partial charge in [-0.3, -0.25) is 4.90 Å². The average molecular weight is 315 g/mol. The summed E-state index contributed by atoms with van der Waals surface area (Å²) in [6.45, 7) is 5.49. The molecule has 3 atom stereocenters. The summed E-state index contributed by atoms with van der Waals surface area (Å²) in [4.78, 5) is 12.4. The van der Waals surface area contributed by atoms with E-state index < -0.39 is 0 Å². The zero-order valence-corrected chi connectivity index (χ0v) is 13.6. The molecule has 0 saturated carbocycles. The van der Waals surface area contributed by atoms with Crippen molar-refractivity contribution in [1.29, 1.82) is 0 Å². The third-order valence-corrected chi connectivity index (χ3v) is 5.91. The lowest BCUT2D eigenvalue weighted by Gasteiger charge is -2.33. The van der Waals surface area contributed by atoms with Crippen molar-refractivity contribution in [3.8, 4) is 0 Å². The molecule has 0 bridgehead atoms. The Morgan fingerprint density at radius 1 is 1.41 bits per heavy atom. The number of aromatic nitrogens is 2. The lowest BCUT2D eigenvalue weighted by Crippen LogP contribution is -2.41. The smallest absolute Gasteiger partial charge is 0.115 e. The predicted molar refractivity (Wildman–Crippen MR) is 86.7 cm³/mol. The molecule has 4 nitrogen and oxygen atoms in total. The van der Waals surface area contributed by atoms with Crippen LogP contribution in [0.15, 0.2) is 30.0 Å². The summed E-state index contributed by atoms with van der Waals surface area (Å²) in [6, 6.07) is 4.19. The van der Waals surface area contributed by atoms with E-state index in [-0.39, 0.29) is 6.10 Å². The maximum absolute atomic E-state index is 6.30. The second-order valence-electron chi connectivity index (χ2n) is 6.34. The number of nitrogens with zero attached hydrogens (tertiary/aromatic N) is 3. The van der Waals surface area contributed by atoms with E-state index >= 15 is 0 Å². The molecule has 0 radical (unpaired) electrons. The van der Waals surface area contributed by atoms with E-state index in [0.717, 1.165) is 25.2 Å². The molecule has 5 heteroatoms. The molecule has 0 aliphatic carbocycles. The fourth-order valence-electron chi connectivity index (χ4n) is 3.59. The van der Waals surface area contributed by atoms with Gasteiger partial charge in [-0.25, -0.2) is 9.97 Å². The first-order chi connectivity index (χ1) is 10.8. The van der Waals surface area contributed by atoms with Crippen molar-refractivity contribution >= 4 is 11.3 Å². The molecule has 0 amide bonds. The third-order valence-electron chi connectivity index (χ3n) is 4.91. The highest BCUT2D eigenvalue weighted by Gasteiger charge is 2.40. The van der Waals surface area contributed by atoms with E-state index in [2.05, 4.69) is 33.2 Å². The number of ether oxygens (including phenoxy) is 1. The van der Waals surface area contributed by atoms with Crippen molar-refractivity contribution in [2.24, 2.45) is 5.92 Å². The van der Waals surface area contributed by atoms with Crippen molar-refractivity contribution in [3.05, 3.63) is 46.2 Å². The van der Waals surface area contributed by atoms with Gasteiger partial charge >= 0.3 is 0 Å². The summed E-state index contributed by atoms with van der Waals surface area (Å²) in [5, 5.41) is 2.19. The molecular weight excluding hydrogens is 294 g/mol. The van der Waals surface area contributed by atoms with Crippen molar-refractivity contribution < 1.29 is 4.74 Å². The summed E-state index contributed by atoms with van der Waals surface area (Å²) in [5.74, 6) is 0.681. The van der Waals surface area contributed by atoms with Crippen LogP contribution < -0.4 is 0 Å². The van der Waals surface area contributed by atoms with Gasteiger partial charge in [-0.1, -0.05) is 0 Å². The van der Waals surface area contributed by atoms with Gasteiger partial charge in [-0.15, -0.1) is 11.3 Å². The molecule has 2 aliphatic rings. The normalized spacial score (nSPS) is 28.7. The van der Waals surface area contributed by atoms with Gasteiger partial charge in [0, 0.05) is 24.2 Å². The van der Waals surface area contributed by atoms with Crippen LogP contribution in [0.3, 0.4) is 0 Å². The van der Waals surface area contributed by atoms with E-state index in [1.165, 1.54) is 23.4 Å². The zero-order chi connectivity index (χ0) is 14.9. The molecule has 0 N–H and O–H groups in total. The molecule has 2 aromatic heterocycles. The molecule has 4 heterocycles. The minimum absolute atomic E-state index is 0.154. The van der Waals surface area contributed by atoms with Crippen LogP contribution in [-0.2, 0) is 11.3 Å². The highest BCUT2D eigenvalue weighted by molar-refractivity contribution is 7.10. The van der Waals surface area contributed by atoms with Crippen molar-refractivity contribution in [2.75, 3.05) is 13.1 Å². The molecule has 0 aromatic carbocycles. The van der Waals surface area contributed by atoms with Crippen LogP contribution >= 0.6 is 11.3 Å². The minimum Gasteiger partial charge on any atom is -0.367 e. The van der Waals surface area contributed by atoms with Crippen molar-refractivity contribution in [1.82, 2.24) is 14.9 Å². The Kier molecular flexibility index (Phi) is 3.94. The van der Waals surface area contributed by atoms with Crippen LogP contribution in [0.4, 0.5) is 0 Å². The monoisotopic (exact) mass is 315 g/mol.